The average molecular weight is 190 g/mol. The van der Waals surface area contributed by atoms with Gasteiger partial charge in [-0.15, -0.1) is 0 Å². The Bertz CT molecular complexity index is 231. The van der Waals surface area contributed by atoms with E-state index in [0.29, 0.717) is 0 Å². The van der Waals surface area contributed by atoms with Gasteiger partial charge in [0, 0.05) is 12.1 Å². The van der Waals surface area contributed by atoms with Crippen molar-refractivity contribution in [3.05, 3.63) is 30.3 Å². The number of benzene rings is 1. The first-order valence-corrected chi connectivity index (χ1v) is 3.49. The summed E-state index contributed by atoms with van der Waals surface area (Å²) in [5.74, 6) is 0. The summed E-state index contributed by atoms with van der Waals surface area (Å²) in [5.41, 5.74) is 2.60. The molecule has 3 heteroatoms. The highest BCUT2D eigenvalue weighted by molar-refractivity contribution is 6.54. The highest BCUT2D eigenvalue weighted by Gasteiger charge is 1.96. The van der Waals surface area contributed by atoms with Crippen LogP contribution in [-0.4, -0.2) is 17.3 Å². The lowest BCUT2D eigenvalue weighted by atomic mass is 10.3. The molecule has 0 bridgehead atoms. The van der Waals surface area contributed by atoms with Crippen LogP contribution in [0.25, 0.3) is 0 Å². The lowest BCUT2D eigenvalue weighted by molar-refractivity contribution is -0.397. The molecule has 11 heavy (non-hydrogen) atoms. The molecule has 1 aromatic rings. The molecule has 0 heterocycles. The predicted octanol–water partition coefficient (Wildman–Crippen LogP) is -0.768. The van der Waals surface area contributed by atoms with Gasteiger partial charge in [-0.1, -0.05) is 18.2 Å². The lowest BCUT2D eigenvalue weighted by Crippen LogP contribution is -3.00. The van der Waals surface area contributed by atoms with Crippen molar-refractivity contribution in [2.24, 2.45) is 0 Å². The molecule has 0 aromatic heterocycles. The number of hydrogen-bond acceptors (Lipinski definition) is 0. The molecule has 0 aliphatic rings. The number of hydrogen-bond donors (Lipinski definition) is 0. The largest absolute Gasteiger partial charge is 1.00 e. The Labute approximate surface area is 77.7 Å². The van der Waals surface area contributed by atoms with Crippen LogP contribution in [0.4, 0.5) is 5.69 Å². The third kappa shape index (κ3) is 2.91. The smallest absolute Gasteiger partial charge is 0.238 e. The maximum atomic E-state index is 5.49. The van der Waals surface area contributed by atoms with E-state index >= 15 is 0 Å². The molecule has 0 aliphatic heterocycles. The third-order valence-corrected chi connectivity index (χ3v) is 1.60. The minimum atomic E-state index is 0. The summed E-state index contributed by atoms with van der Waals surface area (Å²) in [6.45, 7) is 0. The van der Waals surface area contributed by atoms with Crippen molar-refractivity contribution in [3.63, 3.8) is 0 Å². The minimum absolute atomic E-state index is 0. The second-order valence-corrected chi connectivity index (χ2v) is 2.24. The van der Waals surface area contributed by atoms with Crippen molar-refractivity contribution >= 4 is 23.0 Å². The van der Waals surface area contributed by atoms with Crippen LogP contribution in [0.1, 0.15) is 0 Å². The monoisotopic (exact) mass is 189 g/mol. The first-order valence-electron chi connectivity index (χ1n) is 3.06. The van der Waals surface area contributed by atoms with Crippen molar-refractivity contribution in [2.75, 3.05) is 7.05 Å². The highest BCUT2D eigenvalue weighted by Crippen LogP contribution is 2.06. The van der Waals surface area contributed by atoms with Crippen LogP contribution in [0.5, 0.6) is 0 Å². The van der Waals surface area contributed by atoms with Crippen LogP contribution in [0, 0.1) is 0 Å². The predicted molar refractivity (Wildman–Crippen MR) is 44.2 cm³/mol. The summed E-state index contributed by atoms with van der Waals surface area (Å²) >= 11 is 5.49. The van der Waals surface area contributed by atoms with Gasteiger partial charge in [0.15, 0.2) is 0 Å². The molecular weight excluding hydrogens is 181 g/mol. The lowest BCUT2D eigenvalue weighted by Gasteiger charge is -1.90. The topological polar surface area (TPSA) is 3.01 Å². The SMILES string of the molecule is C[N+](=CCl)c1ccccc1.[Cl-]. The van der Waals surface area contributed by atoms with E-state index in [0.717, 1.165) is 5.69 Å². The van der Waals surface area contributed by atoms with E-state index in [1.807, 2.05) is 42.0 Å². The van der Waals surface area contributed by atoms with Gasteiger partial charge < -0.3 is 12.4 Å². The van der Waals surface area contributed by atoms with E-state index in [2.05, 4.69) is 0 Å². The Morgan fingerprint density at radius 3 is 2.27 bits per heavy atom. The van der Waals surface area contributed by atoms with E-state index in [-0.39, 0.29) is 12.4 Å². The Kier molecular flexibility index (Phi) is 4.92. The van der Waals surface area contributed by atoms with Gasteiger partial charge in [0.05, 0.1) is 0 Å². The van der Waals surface area contributed by atoms with E-state index in [1.165, 1.54) is 5.67 Å². The molecule has 60 valence electrons. The van der Waals surface area contributed by atoms with Gasteiger partial charge in [-0.05, 0) is 11.6 Å². The third-order valence-electron chi connectivity index (χ3n) is 1.31. The molecule has 0 spiro atoms. The molecule has 0 saturated heterocycles. The zero-order valence-electron chi connectivity index (χ0n) is 6.17. The summed E-state index contributed by atoms with van der Waals surface area (Å²) in [5, 5.41) is 0. The van der Waals surface area contributed by atoms with Crippen LogP contribution in [0.3, 0.4) is 0 Å². The standard InChI is InChI=1S/C8H9ClN.ClH/c1-10(7-9)8-5-3-2-4-6-8;/h2-7H,1H3;1H/q+1;/p-1. The number of rotatable bonds is 1. The maximum Gasteiger partial charge on any atom is 0.238 e. The van der Waals surface area contributed by atoms with Gasteiger partial charge in [-0.25, -0.2) is 0 Å². The summed E-state index contributed by atoms with van der Waals surface area (Å²) in [6, 6.07) is 9.93. The van der Waals surface area contributed by atoms with Crippen LogP contribution in [-0.2, 0) is 0 Å². The van der Waals surface area contributed by atoms with E-state index < -0.39 is 0 Å². The average Bonchev–Trinajstić information content (AvgIpc) is 2.05. The van der Waals surface area contributed by atoms with Crippen molar-refractivity contribution in [2.45, 2.75) is 0 Å². The molecular formula is C8H9Cl2N. The minimum Gasteiger partial charge on any atom is -1.00 e. The number of para-hydroxylation sites is 1. The number of nitrogens with zero attached hydrogens (tertiary/aromatic N) is 1. The van der Waals surface area contributed by atoms with Gasteiger partial charge in [0.25, 0.3) is 0 Å². The Hall–Kier alpha value is -0.530. The Morgan fingerprint density at radius 1 is 1.27 bits per heavy atom. The zero-order valence-corrected chi connectivity index (χ0v) is 7.68. The van der Waals surface area contributed by atoms with Crippen LogP contribution < -0.4 is 12.4 Å². The fourth-order valence-electron chi connectivity index (χ4n) is 0.719. The summed E-state index contributed by atoms with van der Waals surface area (Å²) in [7, 11) is 1.91. The Morgan fingerprint density at radius 2 is 1.82 bits per heavy atom. The van der Waals surface area contributed by atoms with Gasteiger partial charge >= 0.3 is 0 Å². The molecule has 1 nitrogen and oxygen atoms in total. The summed E-state index contributed by atoms with van der Waals surface area (Å²) in [4.78, 5) is 0. The van der Waals surface area contributed by atoms with E-state index in [4.69, 9.17) is 11.6 Å². The quantitative estimate of drug-likeness (QED) is 0.404. The first-order chi connectivity index (χ1) is 4.84. The molecule has 0 aliphatic carbocycles. The normalized spacial score (nSPS) is 10.5. The molecule has 0 amide bonds. The highest BCUT2D eigenvalue weighted by atomic mass is 35.5. The summed E-state index contributed by atoms with van der Waals surface area (Å²) in [6.07, 6.45) is 0. The van der Waals surface area contributed by atoms with Crippen molar-refractivity contribution in [1.82, 2.24) is 0 Å². The fraction of sp³-hybridized carbons (Fsp3) is 0.125. The Balaban J connectivity index is 0.000001000. The van der Waals surface area contributed by atoms with E-state index in [9.17, 15) is 0 Å². The number of halogens is 2. The molecule has 0 atom stereocenters. The second kappa shape index (κ2) is 5.16. The molecule has 0 fully saturated rings. The first kappa shape index (κ1) is 10.5. The fourth-order valence-corrected chi connectivity index (χ4v) is 0.832. The molecule has 0 saturated carbocycles. The van der Waals surface area contributed by atoms with Crippen LogP contribution in [0.15, 0.2) is 30.3 Å². The van der Waals surface area contributed by atoms with Crippen molar-refractivity contribution in [3.8, 4) is 0 Å². The second-order valence-electron chi connectivity index (χ2n) is 2.04. The molecule has 0 unspecified atom stereocenters. The van der Waals surface area contributed by atoms with Gasteiger partial charge in [0.2, 0.25) is 11.4 Å². The van der Waals surface area contributed by atoms with Crippen LogP contribution >= 0.6 is 11.6 Å². The van der Waals surface area contributed by atoms with Crippen molar-refractivity contribution in [1.29, 1.82) is 0 Å². The maximum absolute atomic E-state index is 5.49. The van der Waals surface area contributed by atoms with Crippen LogP contribution in [0.2, 0.25) is 0 Å². The van der Waals surface area contributed by atoms with Crippen molar-refractivity contribution < 1.29 is 17.0 Å². The summed E-state index contributed by atoms with van der Waals surface area (Å²) < 4.78 is 1.85. The van der Waals surface area contributed by atoms with Gasteiger partial charge in [-0.2, -0.15) is 4.58 Å². The zero-order chi connectivity index (χ0) is 7.40. The molecule has 0 radical (unpaired) electrons. The van der Waals surface area contributed by atoms with E-state index in [1.54, 1.807) is 0 Å². The molecule has 1 rings (SSSR count). The molecule has 1 aromatic carbocycles. The van der Waals surface area contributed by atoms with Gasteiger partial charge in [0.1, 0.15) is 7.05 Å². The van der Waals surface area contributed by atoms with Gasteiger partial charge in [-0.3, -0.25) is 0 Å². The molecule has 0 N–H and O–H groups in total.